The zero-order valence-corrected chi connectivity index (χ0v) is 20.6. The molecule has 0 amide bonds. The predicted molar refractivity (Wildman–Crippen MR) is 133 cm³/mol. The monoisotopic (exact) mass is 472 g/mol. The molecular formula is C25H21O4PSi2. The molecule has 0 aliphatic carbocycles. The lowest BCUT2D eigenvalue weighted by atomic mass is 10.4. The van der Waals surface area contributed by atoms with Crippen molar-refractivity contribution in [3.63, 3.8) is 0 Å². The van der Waals surface area contributed by atoms with Gasteiger partial charge in [-0.15, -0.1) is 0 Å². The number of hydrogen-bond donors (Lipinski definition) is 0. The van der Waals surface area contributed by atoms with E-state index in [2.05, 4.69) is 36.4 Å². The molecule has 32 heavy (non-hydrogen) atoms. The zero-order chi connectivity index (χ0) is 22.6. The molecule has 0 fully saturated rings. The summed E-state index contributed by atoms with van der Waals surface area (Å²) in [5.41, 5.74) is 0. The fraction of sp³-hybridized carbons (Fsp3) is 0.0800. The molecule has 4 rings (SSSR count). The number of rotatable bonds is 5. The number of carbonyl (C=O) groups excluding carboxylic acids is 2. The van der Waals surface area contributed by atoms with Gasteiger partial charge < -0.3 is 9.47 Å². The standard InChI is InChI=1S/C25H21O4PSi2/c1-28-23(26)21-22(24(27)29-2)32-25(31-21)30(18-12-6-3-7-13-18,19-14-8-4-9-15-19)20-16-10-5-11-17-20/h3-17H,1-2H3. The Kier molecular flexibility index (Phi) is 6.75. The van der Waals surface area contributed by atoms with Crippen LogP contribution < -0.4 is 15.9 Å². The Balaban J connectivity index is 2.11. The average Bonchev–Trinajstić information content (AvgIpc) is 3.31. The first-order valence-corrected chi connectivity index (χ1v) is 13.8. The summed E-state index contributed by atoms with van der Waals surface area (Å²) in [6.45, 7) is -2.29. The summed E-state index contributed by atoms with van der Waals surface area (Å²) >= 11 is 0. The number of methoxy groups -OCH3 is 2. The molecule has 4 radical (unpaired) electrons. The Morgan fingerprint density at radius 1 is 0.594 bits per heavy atom. The largest absolute Gasteiger partial charge is 0.466 e. The Morgan fingerprint density at radius 2 is 0.906 bits per heavy atom. The molecular weight excluding hydrogens is 451 g/mol. The fourth-order valence-corrected chi connectivity index (χ4v) is 14.4. The third-order valence-electron chi connectivity index (χ3n) is 5.28. The van der Waals surface area contributed by atoms with Crippen LogP contribution in [0.1, 0.15) is 0 Å². The summed E-state index contributed by atoms with van der Waals surface area (Å²) in [6, 6.07) is 31.3. The molecule has 0 aromatic heterocycles. The summed E-state index contributed by atoms with van der Waals surface area (Å²) < 4.78 is 11.3. The van der Waals surface area contributed by atoms with Crippen LogP contribution in [-0.4, -0.2) is 49.7 Å². The second-order valence-electron chi connectivity index (χ2n) is 7.01. The Labute approximate surface area is 192 Å². The molecule has 1 aliphatic heterocycles. The Bertz CT molecular complexity index is 1090. The summed E-state index contributed by atoms with van der Waals surface area (Å²) in [6.07, 6.45) is 0. The maximum Gasteiger partial charge on any atom is 0.329 e. The highest BCUT2D eigenvalue weighted by Crippen LogP contribution is 2.47. The topological polar surface area (TPSA) is 52.6 Å². The molecule has 3 aromatic rings. The van der Waals surface area contributed by atoms with E-state index in [-0.39, 0.29) is 19.0 Å². The van der Waals surface area contributed by atoms with Crippen LogP contribution in [-0.2, 0) is 19.1 Å². The summed E-state index contributed by atoms with van der Waals surface area (Å²) in [7, 11) is 2.83. The van der Waals surface area contributed by atoms with Crippen LogP contribution >= 0.6 is 6.89 Å². The van der Waals surface area contributed by atoms with Crippen molar-refractivity contribution in [2.75, 3.05) is 14.2 Å². The summed E-state index contributed by atoms with van der Waals surface area (Å²) in [4.78, 5) is 25.3. The molecule has 4 nitrogen and oxygen atoms in total. The number of ether oxygens (including phenoxy) is 2. The van der Waals surface area contributed by atoms with Crippen molar-refractivity contribution in [2.24, 2.45) is 0 Å². The normalized spacial score (nSPS) is 13.8. The number of hydrogen-bond acceptors (Lipinski definition) is 4. The lowest BCUT2D eigenvalue weighted by molar-refractivity contribution is -0.138. The zero-order valence-electron chi connectivity index (χ0n) is 17.7. The first-order valence-electron chi connectivity index (χ1n) is 10.0. The molecule has 0 N–H and O–H groups in total. The highest BCUT2D eigenvalue weighted by molar-refractivity contribution is 8.00. The van der Waals surface area contributed by atoms with Gasteiger partial charge in [0.05, 0.1) is 14.2 Å². The first-order chi connectivity index (χ1) is 15.6. The van der Waals surface area contributed by atoms with Crippen molar-refractivity contribution >= 4 is 58.3 Å². The summed E-state index contributed by atoms with van der Waals surface area (Å²) in [5, 5.41) is 4.45. The van der Waals surface area contributed by atoms with Crippen LogP contribution in [0.2, 0.25) is 0 Å². The van der Waals surface area contributed by atoms with E-state index in [9.17, 15) is 9.59 Å². The number of esters is 2. The minimum absolute atomic E-state index is 0.0648. The van der Waals surface area contributed by atoms with Crippen LogP contribution in [0.25, 0.3) is 0 Å². The third-order valence-corrected chi connectivity index (χ3v) is 14.7. The van der Waals surface area contributed by atoms with E-state index in [1.807, 2.05) is 54.6 Å². The highest BCUT2D eigenvalue weighted by atomic mass is 31.2. The van der Waals surface area contributed by atoms with Gasteiger partial charge in [-0.2, -0.15) is 0 Å². The van der Waals surface area contributed by atoms with Crippen molar-refractivity contribution in [2.45, 2.75) is 0 Å². The van der Waals surface area contributed by atoms with Crippen molar-refractivity contribution in [1.82, 2.24) is 0 Å². The Morgan fingerprint density at radius 3 is 1.19 bits per heavy atom. The quantitative estimate of drug-likeness (QED) is 0.324. The van der Waals surface area contributed by atoms with E-state index in [1.165, 1.54) is 34.7 Å². The molecule has 7 heteroatoms. The van der Waals surface area contributed by atoms with Crippen LogP contribution in [0.15, 0.2) is 101 Å². The Hall–Kier alpha value is -2.93. The van der Waals surface area contributed by atoms with Crippen LogP contribution in [0, 0.1) is 0 Å². The molecule has 0 spiro atoms. The maximum absolute atomic E-state index is 12.6. The highest BCUT2D eigenvalue weighted by Gasteiger charge is 2.38. The van der Waals surface area contributed by atoms with Crippen molar-refractivity contribution in [3.05, 3.63) is 101 Å². The average molecular weight is 473 g/mol. The van der Waals surface area contributed by atoms with Gasteiger partial charge in [-0.25, -0.2) is 9.59 Å². The van der Waals surface area contributed by atoms with Gasteiger partial charge in [-0.1, -0.05) is 95.5 Å². The van der Waals surface area contributed by atoms with Gasteiger partial charge in [-0.3, -0.25) is 0 Å². The molecule has 3 aromatic carbocycles. The molecule has 0 saturated carbocycles. The van der Waals surface area contributed by atoms with Crippen LogP contribution in [0.3, 0.4) is 0 Å². The van der Waals surface area contributed by atoms with Gasteiger partial charge in [0.1, 0.15) is 19.0 Å². The maximum atomic E-state index is 12.6. The van der Waals surface area contributed by atoms with E-state index in [1.54, 1.807) is 0 Å². The van der Waals surface area contributed by atoms with Gasteiger partial charge >= 0.3 is 11.9 Å². The first kappa shape index (κ1) is 22.3. The second kappa shape index (κ2) is 9.69. The van der Waals surface area contributed by atoms with E-state index in [0.29, 0.717) is 10.4 Å². The van der Waals surface area contributed by atoms with Crippen molar-refractivity contribution < 1.29 is 19.1 Å². The van der Waals surface area contributed by atoms with Gasteiger partial charge in [0.15, 0.2) is 0 Å². The molecule has 1 aliphatic rings. The van der Waals surface area contributed by atoms with Gasteiger partial charge in [-0.05, 0) is 22.8 Å². The SMILES string of the molecule is COC(=O)C1=C(C(=O)OC)[Si]C(=P(c2ccccc2)(c2ccccc2)c2ccccc2)[Si]1. The molecule has 0 unspecified atom stereocenters. The molecule has 0 atom stereocenters. The lowest BCUT2D eigenvalue weighted by Crippen LogP contribution is -2.34. The lowest BCUT2D eigenvalue weighted by Gasteiger charge is -2.32. The van der Waals surface area contributed by atoms with Gasteiger partial charge in [0.2, 0.25) is 0 Å². The molecule has 0 bridgehead atoms. The third kappa shape index (κ3) is 3.86. The smallest absolute Gasteiger partial charge is 0.329 e. The second-order valence-corrected chi connectivity index (χ2v) is 14.2. The molecule has 1 heterocycles. The fourth-order valence-electron chi connectivity index (χ4n) is 3.86. The minimum atomic E-state index is -2.29. The molecule has 158 valence electrons. The van der Waals surface area contributed by atoms with Crippen molar-refractivity contribution in [3.8, 4) is 0 Å². The number of benzene rings is 3. The van der Waals surface area contributed by atoms with Crippen molar-refractivity contribution in [1.29, 1.82) is 0 Å². The summed E-state index contributed by atoms with van der Waals surface area (Å²) in [5.74, 6) is -0.919. The minimum Gasteiger partial charge on any atom is -0.466 e. The number of carbonyl (C=O) groups is 2. The molecule has 0 saturated heterocycles. The van der Waals surface area contributed by atoms with Crippen LogP contribution in [0.4, 0.5) is 0 Å². The van der Waals surface area contributed by atoms with Gasteiger partial charge in [0, 0.05) is 10.4 Å². The van der Waals surface area contributed by atoms with E-state index in [4.69, 9.17) is 9.47 Å². The van der Waals surface area contributed by atoms with E-state index >= 15 is 0 Å². The van der Waals surface area contributed by atoms with E-state index < -0.39 is 18.8 Å². The van der Waals surface area contributed by atoms with Gasteiger partial charge in [0.25, 0.3) is 0 Å². The van der Waals surface area contributed by atoms with Crippen LogP contribution in [0.5, 0.6) is 0 Å². The predicted octanol–water partition coefficient (Wildman–Crippen LogP) is 2.05. The van der Waals surface area contributed by atoms with E-state index in [0.717, 1.165) is 0 Å².